The Bertz CT molecular complexity index is 614. The number of rotatable bonds is 2. The number of likely N-dealkylation sites (tertiary alicyclic amines) is 1. The largest absolute Gasteiger partial charge is 0.444 e. The third-order valence-electron chi connectivity index (χ3n) is 3.88. The number of benzene rings is 1. The number of nitrogens with one attached hydrogen (secondary N) is 1. The summed E-state index contributed by atoms with van der Waals surface area (Å²) in [7, 11) is 0. The maximum absolute atomic E-state index is 12.8. The predicted molar refractivity (Wildman–Crippen MR) is 92.2 cm³/mol. The van der Waals surface area contributed by atoms with Gasteiger partial charge in [-0.1, -0.05) is 12.1 Å². The van der Waals surface area contributed by atoms with Crippen LogP contribution in [0.5, 0.6) is 0 Å². The van der Waals surface area contributed by atoms with Crippen molar-refractivity contribution in [1.82, 2.24) is 4.90 Å². The van der Waals surface area contributed by atoms with E-state index in [9.17, 15) is 14.7 Å². The molecule has 6 heteroatoms. The molecule has 1 aliphatic heterocycles. The van der Waals surface area contributed by atoms with E-state index in [1.165, 1.54) is 0 Å². The Hall–Kier alpha value is -2.08. The zero-order valence-corrected chi connectivity index (χ0v) is 14.8. The van der Waals surface area contributed by atoms with Gasteiger partial charge in [0.05, 0.1) is 17.4 Å². The molecule has 1 saturated heterocycles. The van der Waals surface area contributed by atoms with Gasteiger partial charge in [-0.3, -0.25) is 10.1 Å². The van der Waals surface area contributed by atoms with E-state index in [1.54, 1.807) is 37.8 Å². The van der Waals surface area contributed by atoms with Gasteiger partial charge in [0, 0.05) is 13.1 Å². The Morgan fingerprint density at radius 3 is 2.46 bits per heavy atom. The maximum Gasteiger partial charge on any atom is 0.412 e. The number of hydrogen-bond donors (Lipinski definition) is 2. The normalized spacial score (nSPS) is 16.0. The summed E-state index contributed by atoms with van der Waals surface area (Å²) >= 11 is 0. The van der Waals surface area contributed by atoms with Gasteiger partial charge in [-0.15, -0.1) is 0 Å². The minimum Gasteiger partial charge on any atom is -0.444 e. The summed E-state index contributed by atoms with van der Waals surface area (Å²) in [6.07, 6.45) is 0.226. The SMILES string of the molecule is Cc1cccc(C(=O)N2CCC(O)CC2)c1NC(=O)OC(C)(C)C. The Balaban J connectivity index is 2.20. The third kappa shape index (κ3) is 4.71. The van der Waals surface area contributed by atoms with Crippen molar-refractivity contribution in [2.75, 3.05) is 18.4 Å². The van der Waals surface area contributed by atoms with Crippen LogP contribution in [0.4, 0.5) is 10.5 Å². The second-order valence-electron chi connectivity index (χ2n) is 7.15. The van der Waals surface area contributed by atoms with Gasteiger partial charge >= 0.3 is 6.09 Å². The van der Waals surface area contributed by atoms with Gasteiger partial charge in [0.15, 0.2) is 0 Å². The van der Waals surface area contributed by atoms with Gasteiger partial charge in [-0.05, 0) is 52.2 Å². The highest BCUT2D eigenvalue weighted by Crippen LogP contribution is 2.24. The lowest BCUT2D eigenvalue weighted by Crippen LogP contribution is -2.40. The van der Waals surface area contributed by atoms with Gasteiger partial charge in [-0.2, -0.15) is 0 Å². The standard InChI is InChI=1S/C18H26N2O4/c1-12-6-5-7-14(15(12)19-17(23)24-18(2,3)4)16(22)20-10-8-13(21)9-11-20/h5-7,13,21H,8-11H2,1-4H3,(H,19,23). The van der Waals surface area contributed by atoms with Crippen molar-refractivity contribution in [3.8, 4) is 0 Å². The third-order valence-corrected chi connectivity index (χ3v) is 3.88. The van der Waals surface area contributed by atoms with E-state index in [-0.39, 0.29) is 12.0 Å². The molecule has 2 rings (SSSR count). The van der Waals surface area contributed by atoms with Crippen LogP contribution in [0.3, 0.4) is 0 Å². The molecule has 24 heavy (non-hydrogen) atoms. The molecule has 6 nitrogen and oxygen atoms in total. The summed E-state index contributed by atoms with van der Waals surface area (Å²) in [6, 6.07) is 5.33. The number of piperidine rings is 1. The van der Waals surface area contributed by atoms with Crippen LogP contribution >= 0.6 is 0 Å². The Morgan fingerprint density at radius 2 is 1.88 bits per heavy atom. The summed E-state index contributed by atoms with van der Waals surface area (Å²) in [4.78, 5) is 26.6. The van der Waals surface area contributed by atoms with Crippen molar-refractivity contribution in [3.63, 3.8) is 0 Å². The number of carbonyl (C=O) groups is 2. The van der Waals surface area contributed by atoms with E-state index in [4.69, 9.17) is 4.74 Å². The minimum atomic E-state index is -0.611. The summed E-state index contributed by atoms with van der Waals surface area (Å²) in [5, 5.41) is 12.3. The molecule has 1 heterocycles. The molecule has 0 radical (unpaired) electrons. The molecule has 0 aromatic heterocycles. The molecule has 0 unspecified atom stereocenters. The second kappa shape index (κ2) is 7.21. The smallest absolute Gasteiger partial charge is 0.412 e. The number of carbonyl (C=O) groups excluding carboxylic acids is 2. The average molecular weight is 334 g/mol. The summed E-state index contributed by atoms with van der Waals surface area (Å²) in [5.41, 5.74) is 1.10. The van der Waals surface area contributed by atoms with Gasteiger partial charge < -0.3 is 14.7 Å². The first-order valence-corrected chi connectivity index (χ1v) is 8.24. The lowest BCUT2D eigenvalue weighted by atomic mass is 10.0. The van der Waals surface area contributed by atoms with Crippen LogP contribution in [0.1, 0.15) is 49.5 Å². The average Bonchev–Trinajstić information content (AvgIpc) is 2.47. The van der Waals surface area contributed by atoms with Crippen molar-refractivity contribution < 1.29 is 19.4 Å². The fourth-order valence-electron chi connectivity index (χ4n) is 2.66. The van der Waals surface area contributed by atoms with Crippen LogP contribution in [0.15, 0.2) is 18.2 Å². The molecule has 0 atom stereocenters. The summed E-state index contributed by atoms with van der Waals surface area (Å²) in [5.74, 6) is -0.142. The van der Waals surface area contributed by atoms with Crippen molar-refractivity contribution in [1.29, 1.82) is 0 Å². The molecule has 0 spiro atoms. The molecule has 1 fully saturated rings. The molecule has 1 aromatic carbocycles. The second-order valence-corrected chi connectivity index (χ2v) is 7.15. The van der Waals surface area contributed by atoms with E-state index >= 15 is 0 Å². The lowest BCUT2D eigenvalue weighted by Gasteiger charge is -2.30. The van der Waals surface area contributed by atoms with Gasteiger partial charge in [0.25, 0.3) is 5.91 Å². The fraction of sp³-hybridized carbons (Fsp3) is 0.556. The molecule has 132 valence electrons. The van der Waals surface area contributed by atoms with Gasteiger partial charge in [0.1, 0.15) is 5.60 Å². The van der Waals surface area contributed by atoms with Crippen molar-refractivity contribution in [2.45, 2.75) is 52.2 Å². The van der Waals surface area contributed by atoms with E-state index in [0.717, 1.165) is 5.56 Å². The highest BCUT2D eigenvalue weighted by Gasteiger charge is 2.26. The number of aliphatic hydroxyl groups is 1. The molecular weight excluding hydrogens is 308 g/mol. The maximum atomic E-state index is 12.8. The molecule has 0 saturated carbocycles. The van der Waals surface area contributed by atoms with E-state index in [2.05, 4.69) is 5.32 Å². The highest BCUT2D eigenvalue weighted by molar-refractivity contribution is 6.03. The van der Waals surface area contributed by atoms with Crippen LogP contribution in [0.2, 0.25) is 0 Å². The molecule has 0 aliphatic carbocycles. The summed E-state index contributed by atoms with van der Waals surface area (Å²) in [6.45, 7) is 8.23. The first-order valence-electron chi connectivity index (χ1n) is 8.24. The zero-order valence-electron chi connectivity index (χ0n) is 14.8. The fourth-order valence-corrected chi connectivity index (χ4v) is 2.66. The Morgan fingerprint density at radius 1 is 1.25 bits per heavy atom. The minimum absolute atomic E-state index is 0.142. The number of hydrogen-bond acceptors (Lipinski definition) is 4. The summed E-state index contributed by atoms with van der Waals surface area (Å²) < 4.78 is 5.28. The molecule has 0 bridgehead atoms. The molecule has 1 aliphatic rings. The van der Waals surface area contributed by atoms with Crippen LogP contribution in [0.25, 0.3) is 0 Å². The highest BCUT2D eigenvalue weighted by atomic mass is 16.6. The van der Waals surface area contributed by atoms with Gasteiger partial charge in [-0.25, -0.2) is 4.79 Å². The molecule has 2 amide bonds. The van der Waals surface area contributed by atoms with Crippen molar-refractivity contribution in [2.24, 2.45) is 0 Å². The zero-order chi connectivity index (χ0) is 17.9. The Kier molecular flexibility index (Phi) is 5.49. The van der Waals surface area contributed by atoms with Crippen LogP contribution in [-0.2, 0) is 4.74 Å². The van der Waals surface area contributed by atoms with Crippen LogP contribution in [-0.4, -0.2) is 46.8 Å². The Labute approximate surface area is 142 Å². The monoisotopic (exact) mass is 334 g/mol. The lowest BCUT2D eigenvalue weighted by molar-refractivity contribution is 0.0547. The number of nitrogens with zero attached hydrogens (tertiary/aromatic N) is 1. The molecule has 2 N–H and O–H groups in total. The quantitative estimate of drug-likeness (QED) is 0.871. The van der Waals surface area contributed by atoms with E-state index in [0.29, 0.717) is 37.2 Å². The van der Waals surface area contributed by atoms with Crippen LogP contribution in [0, 0.1) is 6.92 Å². The van der Waals surface area contributed by atoms with Crippen molar-refractivity contribution in [3.05, 3.63) is 29.3 Å². The van der Waals surface area contributed by atoms with Crippen LogP contribution < -0.4 is 5.32 Å². The number of aryl methyl sites for hydroxylation is 1. The molecular formula is C18H26N2O4. The first kappa shape index (κ1) is 18.3. The predicted octanol–water partition coefficient (Wildman–Crippen LogP) is 2.94. The van der Waals surface area contributed by atoms with E-state index in [1.807, 2.05) is 13.0 Å². The number of amides is 2. The number of aliphatic hydroxyl groups excluding tert-OH is 1. The topological polar surface area (TPSA) is 78.9 Å². The molecule has 1 aromatic rings. The van der Waals surface area contributed by atoms with Gasteiger partial charge in [0.2, 0.25) is 0 Å². The number of para-hydroxylation sites is 1. The number of ether oxygens (including phenoxy) is 1. The first-order chi connectivity index (χ1) is 11.2. The van der Waals surface area contributed by atoms with E-state index < -0.39 is 11.7 Å². The van der Waals surface area contributed by atoms with Crippen molar-refractivity contribution >= 4 is 17.7 Å². The number of anilines is 1.